The first kappa shape index (κ1) is 24.6. The standard InChI is InChI=1S/C26H30BrNO6/c1-25(2)8-15-23(17(29)10-25)22(24-16(28-15)9-26(3,4)11-18(24)30)13-6-19(33-5)20(7-14(13)27)34-12-21(31)32/h6-7,22-23H,8-12H2,1-5H3,(H,31,32)/p-1. The number of methoxy groups -OCH3 is 1. The molecule has 0 N–H and O–H groups in total. The van der Waals surface area contributed by atoms with Gasteiger partial charge in [0.1, 0.15) is 12.4 Å². The van der Waals surface area contributed by atoms with Crippen molar-refractivity contribution in [2.45, 2.75) is 59.3 Å². The fraction of sp³-hybridized carbons (Fsp3) is 0.538. The lowest BCUT2D eigenvalue weighted by atomic mass is 9.60. The van der Waals surface area contributed by atoms with Crippen LogP contribution in [0.3, 0.4) is 0 Å². The minimum atomic E-state index is -1.35. The van der Waals surface area contributed by atoms with Crippen LogP contribution in [-0.2, 0) is 14.4 Å². The molecule has 2 unspecified atom stereocenters. The van der Waals surface area contributed by atoms with E-state index in [1.807, 2.05) is 0 Å². The van der Waals surface area contributed by atoms with Crippen LogP contribution in [0, 0.1) is 16.7 Å². The predicted molar refractivity (Wildman–Crippen MR) is 128 cm³/mol. The van der Waals surface area contributed by atoms with Crippen molar-refractivity contribution >= 4 is 39.2 Å². The number of Topliss-reactive ketones (excluding diaryl/α,β-unsaturated/α-hetero) is 2. The maximum atomic E-state index is 13.5. The Hall–Kier alpha value is -2.48. The maximum Gasteiger partial charge on any atom is 0.162 e. The number of benzene rings is 1. The second kappa shape index (κ2) is 8.63. The van der Waals surface area contributed by atoms with Gasteiger partial charge in [-0.3, -0.25) is 14.6 Å². The van der Waals surface area contributed by atoms with Crippen LogP contribution in [0.4, 0.5) is 0 Å². The summed E-state index contributed by atoms with van der Waals surface area (Å²) in [6.45, 7) is 7.64. The molecule has 0 saturated heterocycles. The van der Waals surface area contributed by atoms with Gasteiger partial charge >= 0.3 is 0 Å². The van der Waals surface area contributed by atoms with E-state index in [2.05, 4.69) is 43.6 Å². The van der Waals surface area contributed by atoms with Gasteiger partial charge < -0.3 is 19.4 Å². The molecule has 34 heavy (non-hydrogen) atoms. The van der Waals surface area contributed by atoms with Crippen molar-refractivity contribution in [3.05, 3.63) is 33.4 Å². The lowest BCUT2D eigenvalue weighted by Gasteiger charge is -2.44. The minimum absolute atomic E-state index is 0.0137. The van der Waals surface area contributed by atoms with Crippen molar-refractivity contribution in [1.82, 2.24) is 0 Å². The molecule has 0 bridgehead atoms. The maximum absolute atomic E-state index is 13.5. The molecule has 1 heterocycles. The molecule has 1 fully saturated rings. The number of fused-ring (bicyclic) bond motifs is 1. The van der Waals surface area contributed by atoms with Crippen molar-refractivity contribution in [1.29, 1.82) is 0 Å². The average Bonchev–Trinajstić information content (AvgIpc) is 2.68. The van der Waals surface area contributed by atoms with E-state index in [1.54, 1.807) is 12.1 Å². The lowest BCUT2D eigenvalue weighted by Crippen LogP contribution is -2.45. The molecule has 0 amide bonds. The molecule has 0 radical (unpaired) electrons. The summed E-state index contributed by atoms with van der Waals surface area (Å²) < 4.78 is 11.4. The van der Waals surface area contributed by atoms with Crippen molar-refractivity contribution < 1.29 is 29.0 Å². The van der Waals surface area contributed by atoms with Crippen molar-refractivity contribution in [3.63, 3.8) is 0 Å². The monoisotopic (exact) mass is 530 g/mol. The van der Waals surface area contributed by atoms with Gasteiger partial charge in [0, 0.05) is 40.2 Å². The molecule has 1 aromatic rings. The van der Waals surface area contributed by atoms with Crippen molar-refractivity contribution in [3.8, 4) is 11.5 Å². The summed E-state index contributed by atoms with van der Waals surface area (Å²) >= 11 is 3.59. The van der Waals surface area contributed by atoms with Crippen LogP contribution in [-0.4, -0.2) is 37.0 Å². The van der Waals surface area contributed by atoms with Gasteiger partial charge in [0.15, 0.2) is 17.3 Å². The number of carbonyl (C=O) groups is 3. The molecule has 7 nitrogen and oxygen atoms in total. The molecule has 182 valence electrons. The van der Waals surface area contributed by atoms with E-state index in [0.717, 1.165) is 17.0 Å². The smallest absolute Gasteiger partial charge is 0.162 e. The van der Waals surface area contributed by atoms with E-state index < -0.39 is 24.4 Å². The molecular formula is C26H29BrNO6-. The molecule has 1 aliphatic heterocycles. The molecule has 4 rings (SSSR count). The summed E-state index contributed by atoms with van der Waals surface area (Å²) in [4.78, 5) is 42.8. The molecule has 1 aromatic carbocycles. The number of aliphatic imine (C=N–C) groups is 1. The Morgan fingerprint density at radius 2 is 1.74 bits per heavy atom. The van der Waals surface area contributed by atoms with Gasteiger partial charge in [-0.05, 0) is 41.4 Å². The van der Waals surface area contributed by atoms with Crippen molar-refractivity contribution in [2.24, 2.45) is 21.7 Å². The van der Waals surface area contributed by atoms with Gasteiger partial charge in [0.05, 0.1) is 19.0 Å². The van der Waals surface area contributed by atoms with E-state index in [1.165, 1.54) is 7.11 Å². The highest BCUT2D eigenvalue weighted by molar-refractivity contribution is 9.10. The molecule has 3 aliphatic rings. The Morgan fingerprint density at radius 3 is 2.38 bits per heavy atom. The number of carbonyl (C=O) groups excluding carboxylic acids is 3. The number of ether oxygens (including phenoxy) is 2. The third kappa shape index (κ3) is 4.57. The van der Waals surface area contributed by atoms with E-state index >= 15 is 0 Å². The number of carboxylic acids is 1. The van der Waals surface area contributed by atoms with Gasteiger partial charge in [0.2, 0.25) is 0 Å². The Labute approximate surface area is 207 Å². The Bertz CT molecular complexity index is 1150. The number of rotatable bonds is 5. The Morgan fingerprint density at radius 1 is 1.06 bits per heavy atom. The number of carboxylic acid groups (broad SMARTS) is 1. The summed E-state index contributed by atoms with van der Waals surface area (Å²) in [5.41, 5.74) is 2.53. The van der Waals surface area contributed by atoms with Crippen LogP contribution in [0.15, 0.2) is 32.9 Å². The number of hydrogen-bond acceptors (Lipinski definition) is 7. The van der Waals surface area contributed by atoms with Gasteiger partial charge in [-0.2, -0.15) is 0 Å². The van der Waals surface area contributed by atoms with Crippen LogP contribution in [0.2, 0.25) is 0 Å². The summed E-state index contributed by atoms with van der Waals surface area (Å²) in [6.07, 6.45) is 2.15. The van der Waals surface area contributed by atoms with Gasteiger partial charge in [-0.1, -0.05) is 43.6 Å². The van der Waals surface area contributed by atoms with Crippen LogP contribution < -0.4 is 14.6 Å². The first-order valence-electron chi connectivity index (χ1n) is 11.4. The molecule has 1 saturated carbocycles. The second-order valence-corrected chi connectivity index (χ2v) is 11.9. The number of aliphatic carboxylic acids is 1. The first-order chi connectivity index (χ1) is 15.8. The molecule has 0 aromatic heterocycles. The van der Waals surface area contributed by atoms with Crippen LogP contribution >= 0.6 is 15.9 Å². The number of hydrogen-bond donors (Lipinski definition) is 0. The van der Waals surface area contributed by atoms with E-state index in [9.17, 15) is 19.5 Å². The fourth-order valence-corrected chi connectivity index (χ4v) is 6.11. The normalized spacial score (nSPS) is 25.3. The van der Waals surface area contributed by atoms with Gasteiger partial charge in [-0.25, -0.2) is 0 Å². The highest BCUT2D eigenvalue weighted by Crippen LogP contribution is 2.53. The number of ketones is 2. The average molecular weight is 531 g/mol. The van der Waals surface area contributed by atoms with Crippen LogP contribution in [0.25, 0.3) is 0 Å². The zero-order chi connectivity index (χ0) is 25.0. The quantitative estimate of drug-likeness (QED) is 0.573. The highest BCUT2D eigenvalue weighted by atomic mass is 79.9. The number of allylic oxidation sites excluding steroid dienone is 2. The SMILES string of the molecule is COc1cc(C2C3=C(CC(C)(C)CC3=O)N=C3CC(C)(C)CC(=O)C32)c(Br)cc1OCC(=O)[O-]. The topological polar surface area (TPSA) is 105 Å². The van der Waals surface area contributed by atoms with E-state index in [4.69, 9.17) is 14.5 Å². The second-order valence-electron chi connectivity index (χ2n) is 11.0. The van der Waals surface area contributed by atoms with E-state index in [-0.39, 0.29) is 28.1 Å². The van der Waals surface area contributed by atoms with Crippen molar-refractivity contribution in [2.75, 3.05) is 13.7 Å². The third-order valence-corrected chi connectivity index (χ3v) is 7.49. The Kier molecular flexibility index (Phi) is 6.25. The van der Waals surface area contributed by atoms with Gasteiger partial charge in [0.25, 0.3) is 0 Å². The first-order valence-corrected chi connectivity index (χ1v) is 12.2. The van der Waals surface area contributed by atoms with Crippen LogP contribution in [0.1, 0.15) is 64.9 Å². The molecule has 0 spiro atoms. The summed E-state index contributed by atoms with van der Waals surface area (Å²) in [6, 6.07) is 3.35. The minimum Gasteiger partial charge on any atom is -0.546 e. The van der Waals surface area contributed by atoms with E-state index in [0.29, 0.717) is 41.5 Å². The summed E-state index contributed by atoms with van der Waals surface area (Å²) in [5, 5.41) is 10.9. The summed E-state index contributed by atoms with van der Waals surface area (Å²) in [5.74, 6) is -1.73. The Balaban J connectivity index is 1.89. The lowest BCUT2D eigenvalue weighted by molar-refractivity contribution is -0.307. The van der Waals surface area contributed by atoms with Crippen LogP contribution in [0.5, 0.6) is 11.5 Å². The number of halogens is 1. The third-order valence-electron chi connectivity index (χ3n) is 6.80. The van der Waals surface area contributed by atoms with Gasteiger partial charge in [-0.15, -0.1) is 0 Å². The zero-order valence-electron chi connectivity index (χ0n) is 20.1. The highest BCUT2D eigenvalue weighted by Gasteiger charge is 2.50. The number of nitrogens with zero attached hydrogens (tertiary/aromatic N) is 1. The largest absolute Gasteiger partial charge is 0.546 e. The molecule has 2 atom stereocenters. The predicted octanol–water partition coefficient (Wildman–Crippen LogP) is 3.77. The molecule has 8 heteroatoms. The fourth-order valence-electron chi connectivity index (χ4n) is 5.55. The summed E-state index contributed by atoms with van der Waals surface area (Å²) in [7, 11) is 1.46. The molecular weight excluding hydrogens is 502 g/mol. The molecule has 2 aliphatic carbocycles. The zero-order valence-corrected chi connectivity index (χ0v) is 21.7.